The van der Waals surface area contributed by atoms with Gasteiger partial charge in [0.2, 0.25) is 11.9 Å². The van der Waals surface area contributed by atoms with Crippen LogP contribution >= 0.6 is 0 Å². The van der Waals surface area contributed by atoms with Gasteiger partial charge in [0.25, 0.3) is 0 Å². The Hall–Kier alpha value is -2.40. The van der Waals surface area contributed by atoms with Gasteiger partial charge in [0.15, 0.2) is 0 Å². The van der Waals surface area contributed by atoms with Gasteiger partial charge >= 0.3 is 13.2 Å². The van der Waals surface area contributed by atoms with Crippen LogP contribution in [0, 0.1) is 5.92 Å². The molecule has 0 spiro atoms. The molecular weight excluding hydrogens is 473 g/mol. The first-order valence-corrected chi connectivity index (χ1v) is 13.2. The lowest BCUT2D eigenvalue weighted by atomic mass is 9.81. The van der Waals surface area contributed by atoms with Crippen molar-refractivity contribution in [1.82, 2.24) is 20.2 Å². The molecule has 2 saturated heterocycles. The number of anilines is 1. The van der Waals surface area contributed by atoms with E-state index < -0.39 is 36.1 Å². The molecule has 2 amide bonds. The minimum absolute atomic E-state index is 0.0507. The molecule has 37 heavy (non-hydrogen) atoms. The average Bonchev–Trinajstić information content (AvgIpc) is 3.02. The Kier molecular flexibility index (Phi) is 8.49. The zero-order chi connectivity index (χ0) is 27.8. The summed E-state index contributed by atoms with van der Waals surface area (Å²) in [6, 6.07) is -0.607. The third-order valence-corrected chi connectivity index (χ3v) is 7.36. The first-order valence-electron chi connectivity index (χ1n) is 13.2. The number of rotatable bonds is 6. The zero-order valence-electron chi connectivity index (χ0n) is 24.1. The van der Waals surface area contributed by atoms with Crippen molar-refractivity contribution < 1.29 is 23.6 Å². The molecule has 1 N–H and O–H groups in total. The van der Waals surface area contributed by atoms with Crippen LogP contribution < -0.4 is 15.7 Å². The summed E-state index contributed by atoms with van der Waals surface area (Å²) in [5.41, 5.74) is -0.732. The van der Waals surface area contributed by atoms with Gasteiger partial charge in [-0.15, -0.1) is 0 Å². The Morgan fingerprint density at radius 3 is 2.24 bits per heavy atom. The second-order valence-corrected chi connectivity index (χ2v) is 12.5. The molecule has 2 aliphatic heterocycles. The number of alkyl carbamates (subject to hydrolysis) is 1. The number of ether oxygens (including phenoxy) is 1. The number of hydrogen-bond donors (Lipinski definition) is 1. The van der Waals surface area contributed by atoms with Gasteiger partial charge in [0.05, 0.1) is 11.2 Å². The van der Waals surface area contributed by atoms with Crippen LogP contribution in [0.5, 0.6) is 0 Å². The molecule has 10 nitrogen and oxygen atoms in total. The van der Waals surface area contributed by atoms with E-state index in [-0.39, 0.29) is 17.9 Å². The molecule has 3 heterocycles. The maximum atomic E-state index is 13.4. The average molecular weight is 517 g/mol. The van der Waals surface area contributed by atoms with E-state index in [0.29, 0.717) is 19.0 Å². The number of likely N-dealkylation sites (N-methyl/N-ethyl adjacent to an activating group) is 1. The maximum absolute atomic E-state index is 13.4. The van der Waals surface area contributed by atoms with Crippen molar-refractivity contribution in [2.45, 2.75) is 104 Å². The highest BCUT2D eigenvalue weighted by Crippen LogP contribution is 2.36. The van der Waals surface area contributed by atoms with Gasteiger partial charge in [-0.3, -0.25) is 4.79 Å². The minimum atomic E-state index is -0.658. The summed E-state index contributed by atoms with van der Waals surface area (Å²) in [6.07, 6.45) is 4.66. The van der Waals surface area contributed by atoms with Crippen LogP contribution in [0.3, 0.4) is 0 Å². The molecular formula is C26H44BN5O5. The lowest BCUT2D eigenvalue weighted by Crippen LogP contribution is -2.56. The van der Waals surface area contributed by atoms with Crippen molar-refractivity contribution in [1.29, 1.82) is 0 Å². The van der Waals surface area contributed by atoms with Gasteiger partial charge in [-0.25, -0.2) is 14.8 Å². The van der Waals surface area contributed by atoms with Crippen molar-refractivity contribution >= 4 is 30.5 Å². The van der Waals surface area contributed by atoms with E-state index in [1.54, 1.807) is 33.2 Å². The monoisotopic (exact) mass is 517 g/mol. The number of likely N-dealkylation sites (tertiary alicyclic amines) is 1. The number of hydrogen-bond acceptors (Lipinski definition) is 8. The van der Waals surface area contributed by atoms with Gasteiger partial charge in [0, 0.05) is 44.0 Å². The Bertz CT molecular complexity index is 947. The number of carbonyl (C=O) groups is 2. The molecule has 2 fully saturated rings. The summed E-state index contributed by atoms with van der Waals surface area (Å²) in [6.45, 7) is 18.5. The Labute approximate surface area is 222 Å². The molecule has 0 radical (unpaired) electrons. The molecule has 1 aromatic rings. The van der Waals surface area contributed by atoms with Crippen LogP contribution in [0.15, 0.2) is 12.4 Å². The Morgan fingerprint density at radius 2 is 1.73 bits per heavy atom. The normalized spacial score (nSPS) is 22.1. The second kappa shape index (κ2) is 10.8. The fraction of sp³-hybridized carbons (Fsp3) is 0.769. The summed E-state index contributed by atoms with van der Waals surface area (Å²) >= 11 is 0. The standard InChI is InChI=1S/C26H44BN5O5/c1-17(2)20(30-23(34)35-24(3,4)5)21(33)32-13-11-12-19(16-32)31(10)22-28-14-18(15-29-22)27-36-25(6,7)26(8,9)37-27/h14-15,17,19-20H,11-13,16H2,1-10H3,(H,30,34)/t19-,20-/m0/s1. The third-order valence-electron chi connectivity index (χ3n) is 7.36. The van der Waals surface area contributed by atoms with Gasteiger partial charge in [-0.2, -0.15) is 0 Å². The fourth-order valence-corrected chi connectivity index (χ4v) is 4.39. The largest absolute Gasteiger partial charge is 0.498 e. The first-order chi connectivity index (χ1) is 17.0. The van der Waals surface area contributed by atoms with Gasteiger partial charge in [-0.05, 0) is 67.2 Å². The number of nitrogens with one attached hydrogen (secondary N) is 1. The molecule has 206 valence electrons. The highest BCUT2D eigenvalue weighted by atomic mass is 16.7. The summed E-state index contributed by atoms with van der Waals surface area (Å²) in [4.78, 5) is 38.8. The van der Waals surface area contributed by atoms with E-state index in [4.69, 9.17) is 14.0 Å². The third kappa shape index (κ3) is 6.93. The van der Waals surface area contributed by atoms with Crippen LogP contribution in [0.1, 0.15) is 75.2 Å². The van der Waals surface area contributed by atoms with E-state index in [0.717, 1.165) is 18.3 Å². The van der Waals surface area contributed by atoms with Crippen LogP contribution in [0.25, 0.3) is 0 Å². The van der Waals surface area contributed by atoms with E-state index >= 15 is 0 Å². The number of amides is 2. The molecule has 0 aromatic carbocycles. The highest BCUT2D eigenvalue weighted by molar-refractivity contribution is 6.61. The molecule has 11 heteroatoms. The van der Waals surface area contributed by atoms with Gasteiger partial charge < -0.3 is 29.2 Å². The number of piperidine rings is 1. The minimum Gasteiger partial charge on any atom is -0.444 e. The van der Waals surface area contributed by atoms with Gasteiger partial charge in [0.1, 0.15) is 11.6 Å². The number of carbonyl (C=O) groups excluding carboxylic acids is 2. The zero-order valence-corrected chi connectivity index (χ0v) is 24.1. The summed E-state index contributed by atoms with van der Waals surface area (Å²) < 4.78 is 17.6. The quantitative estimate of drug-likeness (QED) is 0.575. The van der Waals surface area contributed by atoms with Crippen LogP contribution in [0.2, 0.25) is 0 Å². The first kappa shape index (κ1) is 29.2. The Balaban J connectivity index is 1.65. The van der Waals surface area contributed by atoms with E-state index in [2.05, 4.69) is 15.3 Å². The summed E-state index contributed by atoms with van der Waals surface area (Å²) in [7, 11) is 1.43. The van der Waals surface area contributed by atoms with Crippen molar-refractivity contribution in [3.8, 4) is 0 Å². The predicted octanol–water partition coefficient (Wildman–Crippen LogP) is 2.75. The van der Waals surface area contributed by atoms with E-state index in [1.807, 2.05) is 58.4 Å². The van der Waals surface area contributed by atoms with Crippen molar-refractivity contribution in [3.63, 3.8) is 0 Å². The lowest BCUT2D eigenvalue weighted by Gasteiger charge is -2.39. The van der Waals surface area contributed by atoms with Crippen LogP contribution in [-0.4, -0.2) is 83.0 Å². The maximum Gasteiger partial charge on any atom is 0.498 e. The molecule has 0 unspecified atom stereocenters. The van der Waals surface area contributed by atoms with E-state index in [9.17, 15) is 9.59 Å². The molecule has 2 atom stereocenters. The van der Waals surface area contributed by atoms with Crippen molar-refractivity contribution in [2.24, 2.45) is 5.92 Å². The summed E-state index contributed by atoms with van der Waals surface area (Å²) in [5.74, 6) is 0.395. The molecule has 0 bridgehead atoms. The molecule has 0 aliphatic carbocycles. The SMILES string of the molecule is CC(C)[C@H](NC(=O)OC(C)(C)C)C(=O)N1CCC[C@H](N(C)c2ncc(B3OC(C)(C)C(C)(C)O3)cn2)C1. The van der Waals surface area contributed by atoms with Crippen LogP contribution in [-0.2, 0) is 18.8 Å². The van der Waals surface area contributed by atoms with Gasteiger partial charge in [-0.1, -0.05) is 13.8 Å². The number of nitrogens with zero attached hydrogens (tertiary/aromatic N) is 4. The Morgan fingerprint density at radius 1 is 1.16 bits per heavy atom. The van der Waals surface area contributed by atoms with Crippen LogP contribution in [0.4, 0.5) is 10.7 Å². The number of aromatic nitrogens is 2. The molecule has 0 saturated carbocycles. The predicted molar refractivity (Wildman–Crippen MR) is 144 cm³/mol. The highest BCUT2D eigenvalue weighted by Gasteiger charge is 2.52. The smallest absolute Gasteiger partial charge is 0.444 e. The molecule has 1 aromatic heterocycles. The fourth-order valence-electron chi connectivity index (χ4n) is 4.39. The topological polar surface area (TPSA) is 106 Å². The van der Waals surface area contributed by atoms with E-state index in [1.165, 1.54) is 0 Å². The lowest BCUT2D eigenvalue weighted by molar-refractivity contribution is -0.135. The summed E-state index contributed by atoms with van der Waals surface area (Å²) in [5, 5.41) is 2.78. The second-order valence-electron chi connectivity index (χ2n) is 12.5. The van der Waals surface area contributed by atoms with Crippen molar-refractivity contribution in [3.05, 3.63) is 12.4 Å². The molecule has 3 rings (SSSR count). The van der Waals surface area contributed by atoms with Crippen molar-refractivity contribution in [2.75, 3.05) is 25.0 Å². The molecule has 2 aliphatic rings.